The van der Waals surface area contributed by atoms with Crippen LogP contribution < -0.4 is 5.32 Å². The third kappa shape index (κ3) is 3.43. The molecule has 18 heavy (non-hydrogen) atoms. The van der Waals surface area contributed by atoms with Gasteiger partial charge in [0.2, 0.25) is 0 Å². The molecule has 0 aromatic carbocycles. The van der Waals surface area contributed by atoms with Crippen molar-refractivity contribution in [3.63, 3.8) is 0 Å². The van der Waals surface area contributed by atoms with E-state index in [1.807, 2.05) is 6.07 Å². The fourth-order valence-corrected chi connectivity index (χ4v) is 2.13. The van der Waals surface area contributed by atoms with Crippen molar-refractivity contribution in [1.82, 2.24) is 9.97 Å². The van der Waals surface area contributed by atoms with E-state index in [4.69, 9.17) is 0 Å². The predicted octanol–water partition coefficient (Wildman–Crippen LogP) is 3.21. The number of thiazole rings is 1. The van der Waals surface area contributed by atoms with Crippen molar-refractivity contribution >= 4 is 17.2 Å². The quantitative estimate of drug-likeness (QED) is 0.929. The fourth-order valence-electron chi connectivity index (χ4n) is 1.32. The Labute approximate surface area is 106 Å². The molecule has 2 heterocycles. The van der Waals surface area contributed by atoms with Gasteiger partial charge in [-0.3, -0.25) is 0 Å². The highest BCUT2D eigenvalue weighted by Gasteiger charge is 2.33. The van der Waals surface area contributed by atoms with Crippen molar-refractivity contribution in [2.75, 3.05) is 11.9 Å². The zero-order valence-corrected chi connectivity index (χ0v) is 10.1. The number of halogens is 3. The number of hydrogen-bond donors (Lipinski definition) is 1. The maximum absolute atomic E-state index is 12.3. The summed E-state index contributed by atoms with van der Waals surface area (Å²) in [6.45, 7) is 0.502. The third-order valence-corrected chi connectivity index (χ3v) is 3.06. The lowest BCUT2D eigenvalue weighted by Crippen LogP contribution is -2.08. The first kappa shape index (κ1) is 12.8. The van der Waals surface area contributed by atoms with Crippen molar-refractivity contribution in [1.29, 1.82) is 0 Å². The molecule has 0 spiro atoms. The molecule has 2 aromatic heterocycles. The number of rotatable bonds is 4. The van der Waals surface area contributed by atoms with Crippen LogP contribution in [-0.2, 0) is 12.6 Å². The zero-order valence-electron chi connectivity index (χ0n) is 9.24. The van der Waals surface area contributed by atoms with Crippen LogP contribution in [-0.4, -0.2) is 16.5 Å². The van der Waals surface area contributed by atoms with Crippen molar-refractivity contribution < 1.29 is 13.2 Å². The van der Waals surface area contributed by atoms with Gasteiger partial charge in [-0.05, 0) is 12.1 Å². The number of pyridine rings is 1. The molecule has 2 rings (SSSR count). The van der Waals surface area contributed by atoms with E-state index in [1.165, 1.54) is 0 Å². The van der Waals surface area contributed by atoms with Crippen LogP contribution in [0.2, 0.25) is 0 Å². The van der Waals surface area contributed by atoms with Crippen LogP contribution >= 0.6 is 11.3 Å². The molecule has 0 saturated heterocycles. The second-order valence-corrected chi connectivity index (χ2v) is 4.46. The normalized spacial score (nSPS) is 11.5. The summed E-state index contributed by atoms with van der Waals surface area (Å²) in [5.74, 6) is 0.699. The Morgan fingerprint density at radius 1 is 1.28 bits per heavy atom. The molecule has 0 bridgehead atoms. The summed E-state index contributed by atoms with van der Waals surface area (Å²) in [5, 5.41) is 4.52. The van der Waals surface area contributed by atoms with Crippen LogP contribution in [0.5, 0.6) is 0 Å². The van der Waals surface area contributed by atoms with E-state index in [2.05, 4.69) is 15.3 Å². The Hall–Kier alpha value is -1.63. The summed E-state index contributed by atoms with van der Waals surface area (Å²) in [7, 11) is 0. The van der Waals surface area contributed by atoms with Gasteiger partial charge in [-0.1, -0.05) is 6.07 Å². The van der Waals surface area contributed by atoms with Gasteiger partial charge in [-0.2, -0.15) is 13.2 Å². The second kappa shape index (κ2) is 5.34. The van der Waals surface area contributed by atoms with Gasteiger partial charge in [-0.25, -0.2) is 9.97 Å². The Morgan fingerprint density at radius 2 is 2.11 bits per heavy atom. The molecule has 0 aliphatic carbocycles. The molecule has 0 fully saturated rings. The van der Waals surface area contributed by atoms with Gasteiger partial charge in [-0.15, -0.1) is 11.3 Å². The number of nitrogens with one attached hydrogen (secondary N) is 1. The maximum Gasteiger partial charge on any atom is 0.434 e. The summed E-state index contributed by atoms with van der Waals surface area (Å²) < 4.78 is 36.9. The van der Waals surface area contributed by atoms with Gasteiger partial charge in [0.25, 0.3) is 0 Å². The zero-order chi connectivity index (χ0) is 13.0. The summed E-state index contributed by atoms with van der Waals surface area (Å²) in [5.41, 5.74) is -0.819. The van der Waals surface area contributed by atoms with Crippen LogP contribution in [0.25, 0.3) is 0 Å². The van der Waals surface area contributed by atoms with Crippen molar-refractivity contribution in [3.05, 3.63) is 40.5 Å². The van der Waals surface area contributed by atoms with E-state index in [0.29, 0.717) is 23.8 Å². The first-order valence-electron chi connectivity index (χ1n) is 5.22. The van der Waals surface area contributed by atoms with Crippen molar-refractivity contribution in [3.8, 4) is 0 Å². The minimum Gasteiger partial charge on any atom is -0.370 e. The number of alkyl halides is 3. The van der Waals surface area contributed by atoms with Crippen LogP contribution in [0.15, 0.2) is 29.8 Å². The molecular weight excluding hydrogens is 263 g/mol. The highest BCUT2D eigenvalue weighted by Crippen LogP contribution is 2.30. The Kier molecular flexibility index (Phi) is 3.81. The van der Waals surface area contributed by atoms with E-state index in [9.17, 15) is 13.2 Å². The Morgan fingerprint density at radius 3 is 2.72 bits per heavy atom. The maximum atomic E-state index is 12.3. The molecule has 0 unspecified atom stereocenters. The van der Waals surface area contributed by atoms with Crippen LogP contribution in [0.1, 0.15) is 10.7 Å². The van der Waals surface area contributed by atoms with Crippen LogP contribution in [0, 0.1) is 0 Å². The standard InChI is InChI=1S/C11H10F3N3S/c12-11(13,14)8-7-18-10(17-8)4-6-16-9-3-1-2-5-15-9/h1-3,5,7H,4,6H2,(H,15,16). The second-order valence-electron chi connectivity index (χ2n) is 3.52. The average Bonchev–Trinajstić information content (AvgIpc) is 2.79. The SMILES string of the molecule is FC(F)(F)c1csc(CCNc2ccccn2)n1. The van der Waals surface area contributed by atoms with Crippen LogP contribution in [0.3, 0.4) is 0 Å². The van der Waals surface area contributed by atoms with E-state index < -0.39 is 11.9 Å². The molecule has 0 saturated carbocycles. The van der Waals surface area contributed by atoms with Gasteiger partial charge in [0.15, 0.2) is 5.69 Å². The van der Waals surface area contributed by atoms with Crippen molar-refractivity contribution in [2.24, 2.45) is 0 Å². The molecule has 0 aliphatic heterocycles. The Bertz CT molecular complexity index is 496. The van der Waals surface area contributed by atoms with Crippen LogP contribution in [0.4, 0.5) is 19.0 Å². The molecule has 7 heteroatoms. The third-order valence-electron chi connectivity index (χ3n) is 2.15. The smallest absolute Gasteiger partial charge is 0.370 e. The first-order chi connectivity index (χ1) is 8.55. The monoisotopic (exact) mass is 273 g/mol. The van der Waals surface area contributed by atoms with E-state index >= 15 is 0 Å². The predicted molar refractivity (Wildman–Crippen MR) is 63.5 cm³/mol. The molecule has 0 atom stereocenters. The lowest BCUT2D eigenvalue weighted by atomic mass is 10.4. The van der Waals surface area contributed by atoms with Gasteiger partial charge in [0, 0.05) is 24.5 Å². The molecular formula is C11H10F3N3S. The minimum atomic E-state index is -4.36. The number of anilines is 1. The largest absolute Gasteiger partial charge is 0.434 e. The van der Waals surface area contributed by atoms with E-state index in [-0.39, 0.29) is 0 Å². The highest BCUT2D eigenvalue weighted by molar-refractivity contribution is 7.09. The summed E-state index contributed by atoms with van der Waals surface area (Å²) in [6.07, 6.45) is -2.27. The fraction of sp³-hybridized carbons (Fsp3) is 0.273. The molecule has 0 radical (unpaired) electrons. The van der Waals surface area contributed by atoms with Gasteiger partial charge < -0.3 is 5.32 Å². The average molecular weight is 273 g/mol. The van der Waals surface area contributed by atoms with E-state index in [1.54, 1.807) is 18.3 Å². The number of aromatic nitrogens is 2. The number of nitrogens with zero attached hydrogens (tertiary/aromatic N) is 2. The molecule has 1 N–H and O–H groups in total. The summed E-state index contributed by atoms with van der Waals surface area (Å²) >= 11 is 1.02. The first-order valence-corrected chi connectivity index (χ1v) is 6.10. The molecule has 0 aliphatic rings. The van der Waals surface area contributed by atoms with E-state index in [0.717, 1.165) is 16.7 Å². The summed E-state index contributed by atoms with van der Waals surface area (Å²) in [6, 6.07) is 5.42. The number of hydrogen-bond acceptors (Lipinski definition) is 4. The van der Waals surface area contributed by atoms with Gasteiger partial charge in [0.05, 0.1) is 5.01 Å². The topological polar surface area (TPSA) is 37.8 Å². The summed E-state index contributed by atoms with van der Waals surface area (Å²) in [4.78, 5) is 7.59. The van der Waals surface area contributed by atoms with Crippen molar-refractivity contribution in [2.45, 2.75) is 12.6 Å². The molecule has 0 amide bonds. The lowest BCUT2D eigenvalue weighted by Gasteiger charge is -2.03. The molecule has 96 valence electrons. The molecule has 3 nitrogen and oxygen atoms in total. The minimum absolute atomic E-state index is 0.442. The lowest BCUT2D eigenvalue weighted by molar-refractivity contribution is -0.140. The van der Waals surface area contributed by atoms with Gasteiger partial charge >= 0.3 is 6.18 Å². The van der Waals surface area contributed by atoms with Gasteiger partial charge in [0.1, 0.15) is 5.82 Å². The Balaban J connectivity index is 1.86. The molecule has 2 aromatic rings. The highest BCUT2D eigenvalue weighted by atomic mass is 32.1.